The molecule has 1 atom stereocenters. The summed E-state index contributed by atoms with van der Waals surface area (Å²) in [6.45, 7) is 1.65. The van der Waals surface area contributed by atoms with Crippen molar-refractivity contribution in [2.75, 3.05) is 13.1 Å². The number of nitrogens with zero attached hydrogens (tertiary/aromatic N) is 3. The Morgan fingerprint density at radius 1 is 0.789 bits per heavy atom. The average molecular weight is 501 g/mol. The highest BCUT2D eigenvalue weighted by Gasteiger charge is 2.31. The Bertz CT molecular complexity index is 1430. The van der Waals surface area contributed by atoms with Gasteiger partial charge in [-0.2, -0.15) is 0 Å². The molecule has 5 nitrogen and oxygen atoms in total. The highest BCUT2D eigenvalue weighted by molar-refractivity contribution is 5.94. The van der Waals surface area contributed by atoms with Gasteiger partial charge in [0.2, 0.25) is 0 Å². The predicted molar refractivity (Wildman–Crippen MR) is 153 cm³/mol. The molecule has 0 fully saturated rings. The number of carbonyl (C=O) groups excluding carboxylic acids is 1. The number of carbonyl (C=O) groups is 1. The molecular formula is C33H32N4O. The van der Waals surface area contributed by atoms with Crippen LogP contribution < -0.4 is 5.73 Å². The Kier molecular flexibility index (Phi) is 8.07. The van der Waals surface area contributed by atoms with Crippen molar-refractivity contribution in [2.24, 2.45) is 5.73 Å². The maximum Gasteiger partial charge on any atom is 0.254 e. The number of amides is 1. The maximum atomic E-state index is 14.0. The third kappa shape index (κ3) is 5.74. The first-order chi connectivity index (χ1) is 18.7. The van der Waals surface area contributed by atoms with Crippen LogP contribution in [-0.4, -0.2) is 33.4 Å². The van der Waals surface area contributed by atoms with Crippen molar-refractivity contribution in [2.45, 2.75) is 19.0 Å². The number of imidazole rings is 1. The molecule has 4 aromatic carbocycles. The van der Waals surface area contributed by atoms with Gasteiger partial charge in [0.15, 0.2) is 0 Å². The normalized spacial score (nSPS) is 11.7. The molecule has 0 saturated carbocycles. The van der Waals surface area contributed by atoms with E-state index >= 15 is 0 Å². The van der Waals surface area contributed by atoms with E-state index in [4.69, 9.17) is 10.7 Å². The van der Waals surface area contributed by atoms with Crippen molar-refractivity contribution < 1.29 is 4.79 Å². The smallest absolute Gasteiger partial charge is 0.254 e. The average Bonchev–Trinajstić information content (AvgIpc) is 3.39. The predicted octanol–water partition coefficient (Wildman–Crippen LogP) is 6.18. The minimum absolute atomic E-state index is 0.0385. The van der Waals surface area contributed by atoms with Crippen LogP contribution in [0.15, 0.2) is 128 Å². The zero-order valence-electron chi connectivity index (χ0n) is 21.4. The number of benzene rings is 4. The van der Waals surface area contributed by atoms with Crippen LogP contribution in [0.5, 0.6) is 0 Å². The van der Waals surface area contributed by atoms with E-state index in [0.29, 0.717) is 31.6 Å². The molecule has 0 bridgehead atoms. The zero-order valence-corrected chi connectivity index (χ0v) is 21.4. The molecule has 1 amide bonds. The summed E-state index contributed by atoms with van der Waals surface area (Å²) in [5.74, 6) is 0.781. The van der Waals surface area contributed by atoms with Gasteiger partial charge in [-0.05, 0) is 36.2 Å². The van der Waals surface area contributed by atoms with Crippen molar-refractivity contribution in [3.8, 4) is 11.3 Å². The molecule has 38 heavy (non-hydrogen) atoms. The van der Waals surface area contributed by atoms with E-state index in [1.54, 1.807) is 0 Å². The van der Waals surface area contributed by atoms with Crippen molar-refractivity contribution in [1.29, 1.82) is 0 Å². The molecule has 0 aliphatic rings. The molecule has 5 rings (SSSR count). The third-order valence-electron chi connectivity index (χ3n) is 6.63. The fourth-order valence-electron chi connectivity index (χ4n) is 4.76. The van der Waals surface area contributed by atoms with Crippen LogP contribution in [0.1, 0.15) is 39.8 Å². The van der Waals surface area contributed by atoms with E-state index in [9.17, 15) is 4.79 Å². The van der Waals surface area contributed by atoms with Crippen LogP contribution in [0.2, 0.25) is 0 Å². The van der Waals surface area contributed by atoms with E-state index in [0.717, 1.165) is 22.6 Å². The van der Waals surface area contributed by atoms with Gasteiger partial charge in [0.1, 0.15) is 11.9 Å². The first-order valence-corrected chi connectivity index (χ1v) is 13.0. The molecule has 190 valence electrons. The molecule has 5 heteroatoms. The van der Waals surface area contributed by atoms with E-state index in [-0.39, 0.29) is 5.91 Å². The molecule has 0 unspecified atom stereocenters. The fraction of sp³-hybridized carbons (Fsp3) is 0.152. The van der Waals surface area contributed by atoms with Gasteiger partial charge in [-0.1, -0.05) is 109 Å². The van der Waals surface area contributed by atoms with Crippen LogP contribution in [-0.2, 0) is 6.54 Å². The van der Waals surface area contributed by atoms with Crippen LogP contribution in [0, 0.1) is 0 Å². The lowest BCUT2D eigenvalue weighted by atomic mass is 10.0. The number of nitrogens with two attached hydrogens (primary N) is 1. The quantitative estimate of drug-likeness (QED) is 0.249. The van der Waals surface area contributed by atoms with E-state index in [1.165, 1.54) is 5.56 Å². The molecule has 1 heterocycles. The van der Waals surface area contributed by atoms with Crippen LogP contribution in [0.3, 0.4) is 0 Å². The van der Waals surface area contributed by atoms with E-state index in [2.05, 4.69) is 47.2 Å². The third-order valence-corrected chi connectivity index (χ3v) is 6.63. The molecular weight excluding hydrogens is 468 g/mol. The monoisotopic (exact) mass is 500 g/mol. The summed E-state index contributed by atoms with van der Waals surface area (Å²) in [4.78, 5) is 21.2. The van der Waals surface area contributed by atoms with Gasteiger partial charge in [0.25, 0.3) is 5.91 Å². The van der Waals surface area contributed by atoms with Crippen molar-refractivity contribution in [3.05, 3.63) is 150 Å². The molecule has 5 aromatic rings. The molecule has 0 radical (unpaired) electrons. The second-order valence-corrected chi connectivity index (χ2v) is 9.28. The van der Waals surface area contributed by atoms with Gasteiger partial charge < -0.3 is 15.2 Å². The van der Waals surface area contributed by atoms with Crippen LogP contribution in [0.4, 0.5) is 0 Å². The molecule has 0 saturated heterocycles. The van der Waals surface area contributed by atoms with Gasteiger partial charge in [0, 0.05) is 30.4 Å². The highest BCUT2D eigenvalue weighted by Crippen LogP contribution is 2.32. The lowest BCUT2D eigenvalue weighted by Crippen LogP contribution is -2.38. The number of rotatable bonds is 10. The van der Waals surface area contributed by atoms with Gasteiger partial charge >= 0.3 is 0 Å². The Morgan fingerprint density at radius 2 is 1.37 bits per heavy atom. The Balaban J connectivity index is 1.68. The van der Waals surface area contributed by atoms with Crippen molar-refractivity contribution in [3.63, 3.8) is 0 Å². The van der Waals surface area contributed by atoms with Crippen LogP contribution in [0.25, 0.3) is 11.3 Å². The Hall–Kier alpha value is -4.48. The summed E-state index contributed by atoms with van der Waals surface area (Å²) in [5.41, 5.74) is 10.7. The van der Waals surface area contributed by atoms with Gasteiger partial charge in [-0.15, -0.1) is 0 Å². The molecule has 2 N–H and O–H groups in total. The van der Waals surface area contributed by atoms with Gasteiger partial charge in [0.05, 0.1) is 5.69 Å². The Morgan fingerprint density at radius 3 is 2.00 bits per heavy atom. The zero-order chi connectivity index (χ0) is 26.2. The number of hydrogen-bond acceptors (Lipinski definition) is 3. The highest BCUT2D eigenvalue weighted by atomic mass is 16.2. The summed E-state index contributed by atoms with van der Waals surface area (Å²) in [6.07, 6.45) is 2.79. The summed E-state index contributed by atoms with van der Waals surface area (Å²) in [6, 6.07) is 39.8. The van der Waals surface area contributed by atoms with Crippen LogP contribution >= 0.6 is 0 Å². The van der Waals surface area contributed by atoms with Gasteiger partial charge in [-0.3, -0.25) is 4.79 Å². The first kappa shape index (κ1) is 25.2. The number of aromatic nitrogens is 2. The minimum Gasteiger partial charge on any atom is -0.330 e. The molecule has 0 aliphatic carbocycles. The standard InChI is InChI=1S/C33H32N4O/c34-22-13-23-37(33(38)29-20-11-4-12-21-29)31(28-18-9-3-10-19-28)32-35-30(27-16-7-2-8-17-27)25-36(32)24-26-14-5-1-6-15-26/h1-12,14-21,25,31H,13,22-24,34H2/t31-/m1/s1. The molecule has 0 spiro atoms. The van der Waals surface area contributed by atoms with Crippen molar-refractivity contribution >= 4 is 5.91 Å². The minimum atomic E-state index is -0.392. The van der Waals surface area contributed by atoms with E-state index < -0.39 is 6.04 Å². The molecule has 0 aliphatic heterocycles. The first-order valence-electron chi connectivity index (χ1n) is 13.0. The number of hydrogen-bond donors (Lipinski definition) is 1. The SMILES string of the molecule is NCCCN(C(=O)c1ccccc1)[C@H](c1ccccc1)c1nc(-c2ccccc2)cn1Cc1ccccc1. The summed E-state index contributed by atoms with van der Waals surface area (Å²) in [5, 5.41) is 0. The van der Waals surface area contributed by atoms with Crippen molar-refractivity contribution in [1.82, 2.24) is 14.5 Å². The Labute approximate surface area is 224 Å². The topological polar surface area (TPSA) is 64.2 Å². The second-order valence-electron chi connectivity index (χ2n) is 9.28. The summed E-state index contributed by atoms with van der Waals surface area (Å²) >= 11 is 0. The second kappa shape index (κ2) is 12.2. The lowest BCUT2D eigenvalue weighted by Gasteiger charge is -2.32. The van der Waals surface area contributed by atoms with Gasteiger partial charge in [-0.25, -0.2) is 4.98 Å². The maximum absolute atomic E-state index is 14.0. The summed E-state index contributed by atoms with van der Waals surface area (Å²) in [7, 11) is 0. The van der Waals surface area contributed by atoms with E-state index in [1.807, 2.05) is 89.8 Å². The lowest BCUT2D eigenvalue weighted by molar-refractivity contribution is 0.0696. The summed E-state index contributed by atoms with van der Waals surface area (Å²) < 4.78 is 2.18. The largest absolute Gasteiger partial charge is 0.330 e. The molecule has 1 aromatic heterocycles. The fourth-order valence-corrected chi connectivity index (χ4v) is 4.76.